The standard InChI is InChI=1S/C26H24N2O4S/c1-19-2-10-23(11-3-19)33-26-13-5-20(18-24(26)28(30)31)4-12-25(29)21-6-8-22(9-7-21)27-14-16-32-17-15-27/h2-13,18H,14-17H2,1H3/b12-4+. The molecule has 0 amide bonds. The van der Waals surface area contributed by atoms with E-state index in [-0.39, 0.29) is 16.4 Å². The molecule has 0 radical (unpaired) electrons. The van der Waals surface area contributed by atoms with E-state index in [1.54, 1.807) is 30.3 Å². The number of nitro groups is 1. The number of anilines is 1. The van der Waals surface area contributed by atoms with E-state index in [4.69, 9.17) is 4.74 Å². The molecule has 3 aromatic carbocycles. The number of morpholine rings is 1. The van der Waals surface area contributed by atoms with Gasteiger partial charge in [0.1, 0.15) is 0 Å². The van der Waals surface area contributed by atoms with Crippen LogP contribution in [0.2, 0.25) is 0 Å². The van der Waals surface area contributed by atoms with Crippen LogP contribution in [0.5, 0.6) is 0 Å². The van der Waals surface area contributed by atoms with Crippen LogP contribution in [-0.4, -0.2) is 37.0 Å². The number of carbonyl (C=O) groups is 1. The average Bonchev–Trinajstić information content (AvgIpc) is 2.85. The molecule has 0 spiro atoms. The summed E-state index contributed by atoms with van der Waals surface area (Å²) in [7, 11) is 0. The molecule has 4 rings (SSSR count). The van der Waals surface area contributed by atoms with Gasteiger partial charge in [0.15, 0.2) is 5.78 Å². The normalized spacial score (nSPS) is 13.9. The lowest BCUT2D eigenvalue weighted by molar-refractivity contribution is -0.387. The number of ether oxygens (including phenoxy) is 1. The first kappa shape index (κ1) is 22.8. The Balaban J connectivity index is 1.46. The van der Waals surface area contributed by atoms with E-state index in [1.807, 2.05) is 43.3 Å². The molecule has 0 saturated carbocycles. The van der Waals surface area contributed by atoms with E-state index in [0.29, 0.717) is 29.2 Å². The lowest BCUT2D eigenvalue weighted by atomic mass is 10.1. The van der Waals surface area contributed by atoms with Gasteiger partial charge in [0.05, 0.1) is 23.0 Å². The van der Waals surface area contributed by atoms with Crippen molar-refractivity contribution in [3.8, 4) is 0 Å². The number of benzene rings is 3. The van der Waals surface area contributed by atoms with Crippen molar-refractivity contribution in [1.29, 1.82) is 0 Å². The lowest BCUT2D eigenvalue weighted by Crippen LogP contribution is -2.36. The predicted octanol–water partition coefficient (Wildman–Crippen LogP) is 5.79. The van der Waals surface area contributed by atoms with Crippen molar-refractivity contribution in [2.75, 3.05) is 31.2 Å². The van der Waals surface area contributed by atoms with Gasteiger partial charge in [0, 0.05) is 35.3 Å². The van der Waals surface area contributed by atoms with E-state index in [0.717, 1.165) is 29.2 Å². The monoisotopic (exact) mass is 460 g/mol. The van der Waals surface area contributed by atoms with Crippen LogP contribution in [0.4, 0.5) is 11.4 Å². The second-order valence-electron chi connectivity index (χ2n) is 7.74. The molecule has 1 aliphatic heterocycles. The largest absolute Gasteiger partial charge is 0.378 e. The smallest absolute Gasteiger partial charge is 0.283 e. The molecule has 33 heavy (non-hydrogen) atoms. The quantitative estimate of drug-likeness (QED) is 0.192. The van der Waals surface area contributed by atoms with Gasteiger partial charge in [-0.3, -0.25) is 14.9 Å². The molecule has 0 bridgehead atoms. The van der Waals surface area contributed by atoms with Gasteiger partial charge in [0.2, 0.25) is 0 Å². The fourth-order valence-electron chi connectivity index (χ4n) is 3.53. The summed E-state index contributed by atoms with van der Waals surface area (Å²) in [6.45, 7) is 5.09. The van der Waals surface area contributed by atoms with E-state index in [9.17, 15) is 14.9 Å². The van der Waals surface area contributed by atoms with Gasteiger partial charge in [-0.25, -0.2) is 0 Å². The predicted molar refractivity (Wildman–Crippen MR) is 131 cm³/mol. The second-order valence-corrected chi connectivity index (χ2v) is 8.86. The van der Waals surface area contributed by atoms with Crippen molar-refractivity contribution in [1.82, 2.24) is 0 Å². The van der Waals surface area contributed by atoms with E-state index >= 15 is 0 Å². The third kappa shape index (κ3) is 5.88. The Bertz CT molecular complexity index is 1170. The maximum absolute atomic E-state index is 12.6. The Hall–Kier alpha value is -3.42. The molecule has 168 valence electrons. The van der Waals surface area contributed by atoms with Crippen molar-refractivity contribution < 1.29 is 14.5 Å². The zero-order valence-electron chi connectivity index (χ0n) is 18.3. The lowest BCUT2D eigenvalue weighted by Gasteiger charge is -2.28. The zero-order chi connectivity index (χ0) is 23.2. The number of allylic oxidation sites excluding steroid dienone is 1. The van der Waals surface area contributed by atoms with Crippen molar-refractivity contribution in [3.63, 3.8) is 0 Å². The van der Waals surface area contributed by atoms with Gasteiger partial charge < -0.3 is 9.64 Å². The minimum atomic E-state index is -0.389. The molecule has 0 aliphatic carbocycles. The summed E-state index contributed by atoms with van der Waals surface area (Å²) < 4.78 is 5.37. The maximum Gasteiger partial charge on any atom is 0.283 e. The molecule has 0 atom stereocenters. The highest BCUT2D eigenvalue weighted by Gasteiger charge is 2.16. The SMILES string of the molecule is Cc1ccc(Sc2ccc(/C=C/C(=O)c3ccc(N4CCOCC4)cc3)cc2[N+](=O)[O-])cc1. The third-order valence-corrected chi connectivity index (χ3v) is 6.46. The first-order chi connectivity index (χ1) is 16.0. The van der Waals surface area contributed by atoms with Crippen LogP contribution in [0, 0.1) is 17.0 Å². The molecule has 0 N–H and O–H groups in total. The molecule has 0 unspecified atom stereocenters. The van der Waals surface area contributed by atoms with E-state index in [2.05, 4.69) is 4.90 Å². The minimum absolute atomic E-state index is 0.0186. The second kappa shape index (κ2) is 10.5. The molecule has 1 saturated heterocycles. The average molecular weight is 461 g/mol. The highest BCUT2D eigenvalue weighted by atomic mass is 32.2. The molecule has 0 aromatic heterocycles. The Morgan fingerprint density at radius 3 is 2.39 bits per heavy atom. The van der Waals surface area contributed by atoms with Gasteiger partial charge in [-0.2, -0.15) is 0 Å². The number of hydrogen-bond donors (Lipinski definition) is 0. The number of ketones is 1. The molecule has 6 nitrogen and oxygen atoms in total. The summed E-state index contributed by atoms with van der Waals surface area (Å²) >= 11 is 1.35. The van der Waals surface area contributed by atoms with Crippen molar-refractivity contribution in [2.45, 2.75) is 16.7 Å². The van der Waals surface area contributed by atoms with Gasteiger partial charge >= 0.3 is 0 Å². The maximum atomic E-state index is 12.6. The summed E-state index contributed by atoms with van der Waals surface area (Å²) in [5.74, 6) is -0.149. The minimum Gasteiger partial charge on any atom is -0.378 e. The van der Waals surface area contributed by atoms with Crippen molar-refractivity contribution in [2.24, 2.45) is 0 Å². The molecular formula is C26H24N2O4S. The molecule has 1 fully saturated rings. The number of nitrogens with zero attached hydrogens (tertiary/aromatic N) is 2. The van der Waals surface area contributed by atoms with Crippen LogP contribution in [0.1, 0.15) is 21.5 Å². The third-order valence-electron chi connectivity index (χ3n) is 5.38. The van der Waals surface area contributed by atoms with E-state index in [1.165, 1.54) is 23.9 Å². The molecule has 3 aromatic rings. The first-order valence-electron chi connectivity index (χ1n) is 10.7. The van der Waals surface area contributed by atoms with Crippen LogP contribution >= 0.6 is 11.8 Å². The summed E-state index contributed by atoms with van der Waals surface area (Å²) in [6, 6.07) is 20.3. The highest BCUT2D eigenvalue weighted by Crippen LogP contribution is 2.35. The zero-order valence-corrected chi connectivity index (χ0v) is 19.1. The Labute approximate surface area is 197 Å². The van der Waals surface area contributed by atoms with Gasteiger partial charge in [-0.1, -0.05) is 41.6 Å². The molecule has 1 heterocycles. The Morgan fingerprint density at radius 2 is 1.73 bits per heavy atom. The molecule has 7 heteroatoms. The van der Waals surface area contributed by atoms with Crippen molar-refractivity contribution >= 4 is 35.0 Å². The van der Waals surface area contributed by atoms with Crippen molar-refractivity contribution in [3.05, 3.63) is 99.6 Å². The molecular weight excluding hydrogens is 436 g/mol. The van der Waals surface area contributed by atoms with E-state index < -0.39 is 0 Å². The fourth-order valence-corrected chi connectivity index (χ4v) is 4.43. The molecule has 1 aliphatic rings. The fraction of sp³-hybridized carbons (Fsp3) is 0.192. The highest BCUT2D eigenvalue weighted by molar-refractivity contribution is 7.99. The van der Waals surface area contributed by atoms with Crippen LogP contribution in [0.25, 0.3) is 6.08 Å². The number of nitro benzene ring substituents is 1. The summed E-state index contributed by atoms with van der Waals surface area (Å²) in [4.78, 5) is 27.6. The van der Waals surface area contributed by atoms with Crippen LogP contribution in [0.3, 0.4) is 0 Å². The number of carbonyl (C=O) groups excluding carboxylic acids is 1. The van der Waals surface area contributed by atoms with Crippen LogP contribution < -0.4 is 4.90 Å². The summed E-state index contributed by atoms with van der Waals surface area (Å²) in [6.07, 6.45) is 3.07. The number of aryl methyl sites for hydroxylation is 1. The van der Waals surface area contributed by atoms with Gasteiger partial charge in [0.25, 0.3) is 5.69 Å². The Morgan fingerprint density at radius 1 is 1.03 bits per heavy atom. The number of rotatable bonds is 7. The summed E-state index contributed by atoms with van der Waals surface area (Å²) in [5, 5.41) is 11.6. The van der Waals surface area contributed by atoms with Crippen LogP contribution in [0.15, 0.2) is 82.6 Å². The van der Waals surface area contributed by atoms with Gasteiger partial charge in [-0.05, 0) is 61.0 Å². The number of hydrogen-bond acceptors (Lipinski definition) is 6. The van der Waals surface area contributed by atoms with Crippen LogP contribution in [-0.2, 0) is 4.74 Å². The topological polar surface area (TPSA) is 72.7 Å². The van der Waals surface area contributed by atoms with Gasteiger partial charge in [-0.15, -0.1) is 0 Å². The summed E-state index contributed by atoms with van der Waals surface area (Å²) in [5.41, 5.74) is 3.40. The Kier molecular flexibility index (Phi) is 7.22. The first-order valence-corrected chi connectivity index (χ1v) is 11.5.